The van der Waals surface area contributed by atoms with Crippen LogP contribution >= 0.6 is 0 Å². The van der Waals surface area contributed by atoms with Gasteiger partial charge in [-0.2, -0.15) is 0 Å². The van der Waals surface area contributed by atoms with Crippen LogP contribution in [-0.2, 0) is 9.53 Å². The average Bonchev–Trinajstić information content (AvgIpc) is 2.69. The summed E-state index contributed by atoms with van der Waals surface area (Å²) in [6.45, 7) is 3.17. The summed E-state index contributed by atoms with van der Waals surface area (Å²) in [7, 11) is 0. The number of anilines is 1. The lowest BCUT2D eigenvalue weighted by molar-refractivity contribution is -0.118. The van der Waals surface area contributed by atoms with Crippen LogP contribution in [0.4, 0.5) is 5.82 Å². The molecule has 8 nitrogen and oxygen atoms in total. The van der Waals surface area contributed by atoms with Crippen LogP contribution in [0.1, 0.15) is 0 Å². The summed E-state index contributed by atoms with van der Waals surface area (Å²) < 4.78 is 5.29. The van der Waals surface area contributed by atoms with E-state index in [1.165, 1.54) is 0 Å². The fourth-order valence-electron chi connectivity index (χ4n) is 2.86. The maximum absolute atomic E-state index is 12.2. The SMILES string of the molecule is O=C(CN1CCOCC1)Nc1cc2cc(-c3cnccn3)ccc2nn1. The van der Waals surface area contributed by atoms with E-state index < -0.39 is 0 Å². The van der Waals surface area contributed by atoms with E-state index in [0.29, 0.717) is 25.6 Å². The minimum atomic E-state index is -0.106. The number of ether oxygens (including phenoxy) is 1. The largest absolute Gasteiger partial charge is 0.379 e. The first-order chi connectivity index (χ1) is 12.8. The number of rotatable bonds is 4. The molecular formula is C18H18N6O2. The van der Waals surface area contributed by atoms with Crippen LogP contribution in [0.15, 0.2) is 42.9 Å². The maximum atomic E-state index is 12.2. The molecule has 1 aromatic carbocycles. The standard InChI is InChI=1S/C18H18N6O2/c25-18(12-24-5-7-26-8-6-24)21-17-10-14-9-13(1-2-15(14)22-23-17)16-11-19-3-4-20-16/h1-4,9-11H,5-8,12H2,(H,21,23,25). The maximum Gasteiger partial charge on any atom is 0.239 e. The van der Waals surface area contributed by atoms with Gasteiger partial charge in [-0.05, 0) is 18.2 Å². The fraction of sp³-hybridized carbons (Fsp3) is 0.278. The first kappa shape index (κ1) is 16.5. The molecule has 0 unspecified atom stereocenters. The highest BCUT2D eigenvalue weighted by Crippen LogP contribution is 2.22. The number of morpholine rings is 1. The van der Waals surface area contributed by atoms with Gasteiger partial charge < -0.3 is 10.1 Å². The zero-order valence-electron chi connectivity index (χ0n) is 14.1. The third-order valence-electron chi connectivity index (χ3n) is 4.18. The Labute approximate surface area is 150 Å². The molecule has 0 radical (unpaired) electrons. The molecule has 1 N–H and O–H groups in total. The van der Waals surface area contributed by atoms with Crippen LogP contribution in [0.3, 0.4) is 0 Å². The van der Waals surface area contributed by atoms with Crippen molar-refractivity contribution in [1.82, 2.24) is 25.1 Å². The first-order valence-corrected chi connectivity index (χ1v) is 8.42. The van der Waals surface area contributed by atoms with E-state index in [4.69, 9.17) is 4.74 Å². The number of benzene rings is 1. The van der Waals surface area contributed by atoms with Gasteiger partial charge in [0.1, 0.15) is 0 Å². The Morgan fingerprint density at radius 2 is 2.04 bits per heavy atom. The topological polar surface area (TPSA) is 93.1 Å². The van der Waals surface area contributed by atoms with Crippen molar-refractivity contribution < 1.29 is 9.53 Å². The van der Waals surface area contributed by atoms with Gasteiger partial charge in [-0.15, -0.1) is 10.2 Å². The van der Waals surface area contributed by atoms with Gasteiger partial charge in [0.2, 0.25) is 5.91 Å². The fourth-order valence-corrected chi connectivity index (χ4v) is 2.86. The van der Waals surface area contributed by atoms with Crippen LogP contribution in [0.5, 0.6) is 0 Å². The predicted octanol–water partition coefficient (Wildman–Crippen LogP) is 1.36. The highest BCUT2D eigenvalue weighted by molar-refractivity contribution is 5.93. The molecule has 1 saturated heterocycles. The van der Waals surface area contributed by atoms with E-state index in [1.807, 2.05) is 24.3 Å². The van der Waals surface area contributed by atoms with E-state index in [0.717, 1.165) is 35.2 Å². The molecule has 1 aliphatic heterocycles. The van der Waals surface area contributed by atoms with Gasteiger partial charge in [0.25, 0.3) is 0 Å². The zero-order valence-corrected chi connectivity index (χ0v) is 14.1. The Hall–Kier alpha value is -2.97. The summed E-state index contributed by atoms with van der Waals surface area (Å²) in [4.78, 5) is 22.7. The number of carbonyl (C=O) groups is 1. The van der Waals surface area contributed by atoms with Gasteiger partial charge in [0.05, 0.1) is 37.2 Å². The van der Waals surface area contributed by atoms with E-state index >= 15 is 0 Å². The molecule has 132 valence electrons. The number of amides is 1. The van der Waals surface area contributed by atoms with Crippen molar-refractivity contribution in [2.45, 2.75) is 0 Å². The quantitative estimate of drug-likeness (QED) is 0.759. The Bertz CT molecular complexity index is 912. The Morgan fingerprint density at radius 1 is 1.15 bits per heavy atom. The van der Waals surface area contributed by atoms with Crippen molar-refractivity contribution in [2.75, 3.05) is 38.2 Å². The lowest BCUT2D eigenvalue weighted by Crippen LogP contribution is -2.41. The van der Waals surface area contributed by atoms with Crippen molar-refractivity contribution >= 4 is 22.6 Å². The summed E-state index contributed by atoms with van der Waals surface area (Å²) in [5.41, 5.74) is 2.47. The molecule has 26 heavy (non-hydrogen) atoms. The number of hydrogen-bond donors (Lipinski definition) is 1. The molecule has 4 rings (SSSR count). The van der Waals surface area contributed by atoms with Crippen molar-refractivity contribution in [3.05, 3.63) is 42.9 Å². The van der Waals surface area contributed by atoms with Gasteiger partial charge in [-0.1, -0.05) is 6.07 Å². The molecule has 0 saturated carbocycles. The Balaban J connectivity index is 1.51. The normalized spacial score (nSPS) is 15.1. The second-order valence-electron chi connectivity index (χ2n) is 6.03. The highest BCUT2D eigenvalue weighted by Gasteiger charge is 2.15. The summed E-state index contributed by atoms with van der Waals surface area (Å²) in [6.07, 6.45) is 5.00. The third kappa shape index (κ3) is 3.81. The lowest BCUT2D eigenvalue weighted by atomic mass is 10.1. The number of nitrogens with one attached hydrogen (secondary N) is 1. The number of nitrogens with zero attached hydrogens (tertiary/aromatic N) is 5. The van der Waals surface area contributed by atoms with Gasteiger partial charge >= 0.3 is 0 Å². The number of hydrogen-bond acceptors (Lipinski definition) is 7. The predicted molar refractivity (Wildman–Crippen MR) is 96.5 cm³/mol. The summed E-state index contributed by atoms with van der Waals surface area (Å²) in [5, 5.41) is 12.0. The van der Waals surface area contributed by atoms with Gasteiger partial charge in [-0.3, -0.25) is 19.7 Å². The number of aromatic nitrogens is 4. The van der Waals surface area contributed by atoms with Crippen LogP contribution < -0.4 is 5.32 Å². The minimum absolute atomic E-state index is 0.106. The average molecular weight is 350 g/mol. The first-order valence-electron chi connectivity index (χ1n) is 8.42. The van der Waals surface area contributed by atoms with Crippen LogP contribution in [-0.4, -0.2) is 63.8 Å². The molecule has 1 aliphatic rings. The van der Waals surface area contributed by atoms with E-state index in [1.54, 1.807) is 18.6 Å². The van der Waals surface area contributed by atoms with Gasteiger partial charge in [-0.25, -0.2) is 0 Å². The molecule has 3 aromatic rings. The van der Waals surface area contributed by atoms with Crippen molar-refractivity contribution in [3.8, 4) is 11.3 Å². The number of fused-ring (bicyclic) bond motifs is 1. The molecule has 2 aromatic heterocycles. The second-order valence-corrected chi connectivity index (χ2v) is 6.03. The summed E-state index contributed by atoms with van der Waals surface area (Å²) in [6, 6.07) is 7.59. The van der Waals surface area contributed by atoms with Crippen LogP contribution in [0.2, 0.25) is 0 Å². The van der Waals surface area contributed by atoms with Crippen molar-refractivity contribution in [3.63, 3.8) is 0 Å². The van der Waals surface area contributed by atoms with Crippen LogP contribution in [0, 0.1) is 0 Å². The Kier molecular flexibility index (Phi) is 4.76. The van der Waals surface area contributed by atoms with E-state index in [-0.39, 0.29) is 5.91 Å². The lowest BCUT2D eigenvalue weighted by Gasteiger charge is -2.25. The molecule has 0 bridgehead atoms. The monoisotopic (exact) mass is 350 g/mol. The molecule has 8 heteroatoms. The molecule has 0 spiro atoms. The van der Waals surface area contributed by atoms with Gasteiger partial charge in [0, 0.05) is 36.4 Å². The second kappa shape index (κ2) is 7.51. The molecule has 3 heterocycles. The third-order valence-corrected chi connectivity index (χ3v) is 4.18. The summed E-state index contributed by atoms with van der Waals surface area (Å²) >= 11 is 0. The molecule has 1 amide bonds. The van der Waals surface area contributed by atoms with E-state index in [2.05, 4.69) is 30.4 Å². The smallest absolute Gasteiger partial charge is 0.239 e. The minimum Gasteiger partial charge on any atom is -0.379 e. The summed E-state index contributed by atoms with van der Waals surface area (Å²) in [5.74, 6) is 0.331. The van der Waals surface area contributed by atoms with E-state index in [9.17, 15) is 4.79 Å². The van der Waals surface area contributed by atoms with Gasteiger partial charge in [0.15, 0.2) is 5.82 Å². The zero-order chi connectivity index (χ0) is 17.8. The molecule has 0 atom stereocenters. The molecular weight excluding hydrogens is 332 g/mol. The van der Waals surface area contributed by atoms with Crippen molar-refractivity contribution in [2.24, 2.45) is 0 Å². The van der Waals surface area contributed by atoms with Crippen LogP contribution in [0.25, 0.3) is 22.2 Å². The molecule has 0 aliphatic carbocycles. The van der Waals surface area contributed by atoms with Crippen molar-refractivity contribution in [1.29, 1.82) is 0 Å². The number of carbonyl (C=O) groups excluding carboxylic acids is 1. The highest BCUT2D eigenvalue weighted by atomic mass is 16.5. The molecule has 1 fully saturated rings. The Morgan fingerprint density at radius 3 is 2.85 bits per heavy atom.